The Morgan fingerprint density at radius 3 is 2.36 bits per heavy atom. The van der Waals surface area contributed by atoms with Gasteiger partial charge in [-0.25, -0.2) is 0 Å². The van der Waals surface area contributed by atoms with Gasteiger partial charge < -0.3 is 5.32 Å². The van der Waals surface area contributed by atoms with Gasteiger partial charge in [-0.3, -0.25) is 9.69 Å². The zero-order valence-corrected chi connectivity index (χ0v) is 13.4. The van der Waals surface area contributed by atoms with E-state index in [1.807, 2.05) is 31.2 Å². The van der Waals surface area contributed by atoms with Gasteiger partial charge in [0.25, 0.3) is 5.91 Å². The number of carbonyl (C=O) groups excluding carboxylic acids is 1. The molecule has 22 heavy (non-hydrogen) atoms. The van der Waals surface area contributed by atoms with Crippen molar-refractivity contribution >= 4 is 5.91 Å². The lowest BCUT2D eigenvalue weighted by Crippen LogP contribution is -2.57. The lowest BCUT2D eigenvalue weighted by Gasteiger charge is -2.49. The highest BCUT2D eigenvalue weighted by molar-refractivity contribution is 5.95. The second-order valence-corrected chi connectivity index (χ2v) is 7.37. The zero-order valence-electron chi connectivity index (χ0n) is 13.4. The fourth-order valence-electron chi connectivity index (χ4n) is 4.60. The van der Waals surface area contributed by atoms with Crippen molar-refractivity contribution in [3.63, 3.8) is 0 Å². The number of nitrogens with zero attached hydrogens (tertiary/aromatic N) is 1. The Morgan fingerprint density at radius 2 is 1.73 bits per heavy atom. The molecule has 1 amide bonds. The summed E-state index contributed by atoms with van der Waals surface area (Å²) in [6, 6.07) is 10.5. The highest BCUT2D eigenvalue weighted by Crippen LogP contribution is 2.41. The number of nitrogens with one attached hydrogen (secondary N) is 1. The molecule has 1 N–H and O–H groups in total. The average molecular weight is 298 g/mol. The number of carbonyl (C=O) groups is 1. The summed E-state index contributed by atoms with van der Waals surface area (Å²) in [6.07, 6.45) is 9.10. The van der Waals surface area contributed by atoms with Crippen LogP contribution >= 0.6 is 0 Å². The van der Waals surface area contributed by atoms with Crippen molar-refractivity contribution in [2.24, 2.45) is 0 Å². The molecule has 3 nitrogen and oxygen atoms in total. The van der Waals surface area contributed by atoms with Gasteiger partial charge in [-0.2, -0.15) is 0 Å². The number of benzene rings is 1. The van der Waals surface area contributed by atoms with E-state index in [9.17, 15) is 4.79 Å². The van der Waals surface area contributed by atoms with Crippen LogP contribution in [-0.4, -0.2) is 35.0 Å². The topological polar surface area (TPSA) is 32.3 Å². The monoisotopic (exact) mass is 298 g/mol. The van der Waals surface area contributed by atoms with E-state index in [4.69, 9.17) is 0 Å². The van der Waals surface area contributed by atoms with Gasteiger partial charge in [-0.05, 0) is 57.1 Å². The molecule has 1 aliphatic carbocycles. The minimum absolute atomic E-state index is 0.112. The first-order chi connectivity index (χ1) is 10.7. The van der Waals surface area contributed by atoms with Crippen LogP contribution in [0.2, 0.25) is 0 Å². The van der Waals surface area contributed by atoms with Crippen LogP contribution in [-0.2, 0) is 0 Å². The Hall–Kier alpha value is -1.35. The molecule has 3 aliphatic rings. The van der Waals surface area contributed by atoms with Gasteiger partial charge in [-0.1, -0.05) is 24.6 Å². The van der Waals surface area contributed by atoms with Crippen molar-refractivity contribution in [2.75, 3.05) is 0 Å². The van der Waals surface area contributed by atoms with E-state index in [1.165, 1.54) is 32.1 Å². The van der Waals surface area contributed by atoms with E-state index < -0.39 is 0 Å². The molecule has 3 heteroatoms. The summed E-state index contributed by atoms with van der Waals surface area (Å²) in [7, 11) is 0. The van der Waals surface area contributed by atoms with Gasteiger partial charge in [0.2, 0.25) is 0 Å². The Bertz CT molecular complexity index is 552. The number of fused-ring (bicyclic) bond motifs is 2. The fourth-order valence-corrected chi connectivity index (χ4v) is 4.60. The van der Waals surface area contributed by atoms with Crippen molar-refractivity contribution in [1.29, 1.82) is 0 Å². The summed E-state index contributed by atoms with van der Waals surface area (Å²) < 4.78 is 0. The number of hydrogen-bond donors (Lipinski definition) is 1. The Morgan fingerprint density at radius 1 is 1.05 bits per heavy atom. The average Bonchev–Trinajstić information content (AvgIpc) is 3.31. The van der Waals surface area contributed by atoms with Gasteiger partial charge in [0.1, 0.15) is 0 Å². The third kappa shape index (κ3) is 2.67. The van der Waals surface area contributed by atoms with Crippen LogP contribution in [0.25, 0.3) is 0 Å². The summed E-state index contributed by atoms with van der Waals surface area (Å²) in [5.74, 6) is 0.112. The van der Waals surface area contributed by atoms with Crippen LogP contribution in [0.4, 0.5) is 0 Å². The van der Waals surface area contributed by atoms with Crippen molar-refractivity contribution in [3.05, 3.63) is 35.4 Å². The van der Waals surface area contributed by atoms with Gasteiger partial charge in [0.05, 0.1) is 0 Å². The predicted octanol–water partition coefficient (Wildman–Crippen LogP) is 3.27. The summed E-state index contributed by atoms with van der Waals surface area (Å²) in [5, 5.41) is 3.32. The highest BCUT2D eigenvalue weighted by Gasteiger charge is 2.45. The van der Waals surface area contributed by atoms with Crippen LogP contribution in [0, 0.1) is 6.92 Å². The van der Waals surface area contributed by atoms with E-state index in [-0.39, 0.29) is 5.91 Å². The maximum absolute atomic E-state index is 12.6. The number of hydrogen-bond acceptors (Lipinski definition) is 2. The van der Waals surface area contributed by atoms with Gasteiger partial charge in [0.15, 0.2) is 0 Å². The second-order valence-electron chi connectivity index (χ2n) is 7.37. The smallest absolute Gasteiger partial charge is 0.251 e. The summed E-state index contributed by atoms with van der Waals surface area (Å²) >= 11 is 0. The molecule has 0 spiro atoms. The molecule has 1 aromatic carbocycles. The molecule has 2 bridgehead atoms. The quantitative estimate of drug-likeness (QED) is 0.929. The van der Waals surface area contributed by atoms with Gasteiger partial charge >= 0.3 is 0 Å². The lowest BCUT2D eigenvalue weighted by atomic mass is 9.81. The molecule has 1 aromatic rings. The molecule has 1 saturated carbocycles. The first-order valence-electron chi connectivity index (χ1n) is 8.86. The van der Waals surface area contributed by atoms with E-state index >= 15 is 0 Å². The summed E-state index contributed by atoms with van der Waals surface area (Å²) in [5.41, 5.74) is 1.90. The van der Waals surface area contributed by atoms with E-state index in [0.29, 0.717) is 18.1 Å². The molecule has 2 atom stereocenters. The van der Waals surface area contributed by atoms with Crippen LogP contribution in [0.3, 0.4) is 0 Å². The fraction of sp³-hybridized carbons (Fsp3) is 0.632. The largest absolute Gasteiger partial charge is 0.349 e. The van der Waals surface area contributed by atoms with Gasteiger partial charge in [0, 0.05) is 29.7 Å². The molecule has 118 valence electrons. The van der Waals surface area contributed by atoms with E-state index in [2.05, 4.69) is 10.2 Å². The van der Waals surface area contributed by atoms with E-state index in [1.54, 1.807) is 0 Å². The first-order valence-corrected chi connectivity index (χ1v) is 8.86. The molecular weight excluding hydrogens is 272 g/mol. The molecule has 2 unspecified atom stereocenters. The Balaban J connectivity index is 1.44. The van der Waals surface area contributed by atoms with Crippen LogP contribution < -0.4 is 5.32 Å². The van der Waals surface area contributed by atoms with Crippen LogP contribution in [0.15, 0.2) is 24.3 Å². The molecule has 2 saturated heterocycles. The maximum Gasteiger partial charge on any atom is 0.251 e. The molecule has 3 fully saturated rings. The molecule has 2 heterocycles. The lowest BCUT2D eigenvalue weighted by molar-refractivity contribution is 0.0175. The van der Waals surface area contributed by atoms with Crippen LogP contribution in [0.1, 0.15) is 60.9 Å². The summed E-state index contributed by atoms with van der Waals surface area (Å²) in [6.45, 7) is 2.01. The molecule has 0 radical (unpaired) electrons. The van der Waals surface area contributed by atoms with Gasteiger partial charge in [-0.15, -0.1) is 0 Å². The standard InChI is InChI=1S/C19H26N2O/c1-13-5-2-3-8-18(13)19(22)20-14-11-16-6-4-7-17(12-14)21(16)15-9-10-15/h2-3,5,8,14-17H,4,6-7,9-12H2,1H3,(H,20,22). The number of piperidine rings is 2. The van der Waals surface area contributed by atoms with Crippen molar-refractivity contribution in [1.82, 2.24) is 10.2 Å². The minimum atomic E-state index is 0.112. The third-order valence-electron chi connectivity index (χ3n) is 5.72. The molecule has 4 rings (SSSR count). The Labute approximate surface area is 133 Å². The zero-order chi connectivity index (χ0) is 15.1. The summed E-state index contributed by atoms with van der Waals surface area (Å²) in [4.78, 5) is 15.4. The van der Waals surface area contributed by atoms with Crippen LogP contribution in [0.5, 0.6) is 0 Å². The van der Waals surface area contributed by atoms with Crippen molar-refractivity contribution < 1.29 is 4.79 Å². The number of rotatable bonds is 3. The third-order valence-corrected chi connectivity index (χ3v) is 5.72. The second kappa shape index (κ2) is 5.69. The molecular formula is C19H26N2O. The molecule has 0 aromatic heterocycles. The SMILES string of the molecule is Cc1ccccc1C(=O)NC1CC2CCCC(C1)N2C1CC1. The van der Waals surface area contributed by atoms with Crippen molar-refractivity contribution in [2.45, 2.75) is 76.0 Å². The number of amides is 1. The maximum atomic E-state index is 12.6. The molecule has 2 aliphatic heterocycles. The minimum Gasteiger partial charge on any atom is -0.349 e. The first kappa shape index (κ1) is 14.3. The highest BCUT2D eigenvalue weighted by atomic mass is 16.1. The normalized spacial score (nSPS) is 31.8. The van der Waals surface area contributed by atoms with E-state index in [0.717, 1.165) is 30.0 Å². The predicted molar refractivity (Wildman–Crippen MR) is 88.0 cm³/mol. The Kier molecular flexibility index (Phi) is 3.69. The number of aryl methyl sites for hydroxylation is 1. The van der Waals surface area contributed by atoms with Crippen molar-refractivity contribution in [3.8, 4) is 0 Å².